The predicted molar refractivity (Wildman–Crippen MR) is 226 cm³/mol. The van der Waals surface area contributed by atoms with Gasteiger partial charge in [-0.2, -0.15) is 0 Å². The zero-order chi connectivity index (χ0) is 42.3. The summed E-state index contributed by atoms with van der Waals surface area (Å²) in [7, 11) is 2.29. The molecular formula is C46H72O10Si. The molecule has 0 N–H and O–H groups in total. The number of carbonyl (C=O) groups is 2. The quantitative estimate of drug-likeness (QED) is 0.0466. The molecule has 0 aliphatic carbocycles. The van der Waals surface area contributed by atoms with E-state index in [1.807, 2.05) is 75.4 Å². The van der Waals surface area contributed by atoms with Gasteiger partial charge in [-0.3, -0.25) is 4.79 Å². The van der Waals surface area contributed by atoms with Crippen LogP contribution in [0, 0.1) is 5.41 Å². The Balaban J connectivity index is 2.06. The lowest BCUT2D eigenvalue weighted by molar-refractivity contribution is -0.351. The molecule has 2 aromatic carbocycles. The fourth-order valence-corrected chi connectivity index (χ4v) is 7.92. The summed E-state index contributed by atoms with van der Waals surface area (Å²) in [5, 5.41) is -0.0524. The molecule has 10 nitrogen and oxygen atoms in total. The third kappa shape index (κ3) is 14.0. The minimum absolute atomic E-state index is 0.0524. The van der Waals surface area contributed by atoms with Crippen LogP contribution >= 0.6 is 0 Å². The van der Waals surface area contributed by atoms with Crippen molar-refractivity contribution in [2.24, 2.45) is 5.41 Å². The van der Waals surface area contributed by atoms with E-state index in [0.29, 0.717) is 31.6 Å². The smallest absolute Gasteiger partial charge is 0.330 e. The van der Waals surface area contributed by atoms with E-state index in [1.165, 1.54) is 13.2 Å². The van der Waals surface area contributed by atoms with Crippen LogP contribution < -0.4 is 4.74 Å². The molecular weight excluding hydrogens is 741 g/mol. The molecule has 2 aromatic rings. The highest BCUT2D eigenvalue weighted by Crippen LogP contribution is 2.49. The number of carbonyl (C=O) groups excluding carboxylic acids is 2. The first-order valence-corrected chi connectivity index (χ1v) is 23.6. The number of hydrogen-bond acceptors (Lipinski definition) is 10. The van der Waals surface area contributed by atoms with Gasteiger partial charge in [0.25, 0.3) is 0 Å². The van der Waals surface area contributed by atoms with Crippen molar-refractivity contribution in [3.63, 3.8) is 0 Å². The van der Waals surface area contributed by atoms with E-state index in [0.717, 1.165) is 42.6 Å². The third-order valence-electron chi connectivity index (χ3n) is 11.6. The molecule has 1 aliphatic heterocycles. The lowest BCUT2D eigenvalue weighted by Crippen LogP contribution is -2.65. The average Bonchev–Trinajstić information content (AvgIpc) is 3.18. The summed E-state index contributed by atoms with van der Waals surface area (Å²) < 4.78 is 50.5. The Morgan fingerprint density at radius 1 is 0.895 bits per heavy atom. The lowest BCUT2D eigenvalue weighted by atomic mass is 9.74. The van der Waals surface area contributed by atoms with Crippen molar-refractivity contribution in [1.29, 1.82) is 0 Å². The van der Waals surface area contributed by atoms with E-state index in [2.05, 4.69) is 40.8 Å². The Labute approximate surface area is 344 Å². The van der Waals surface area contributed by atoms with Gasteiger partial charge in [-0.05, 0) is 66.7 Å². The highest BCUT2D eigenvalue weighted by molar-refractivity contribution is 6.74. The van der Waals surface area contributed by atoms with Gasteiger partial charge in [0, 0.05) is 38.0 Å². The Bertz CT molecular complexity index is 1530. The number of ether oxygens (including phenoxy) is 7. The van der Waals surface area contributed by atoms with Crippen LogP contribution in [0.1, 0.15) is 111 Å². The minimum atomic E-state index is -2.25. The zero-order valence-electron chi connectivity index (χ0n) is 36.9. The van der Waals surface area contributed by atoms with Gasteiger partial charge < -0.3 is 37.6 Å². The molecule has 0 aromatic heterocycles. The van der Waals surface area contributed by atoms with Gasteiger partial charge in [0.1, 0.15) is 5.75 Å². The van der Waals surface area contributed by atoms with Gasteiger partial charge >= 0.3 is 11.9 Å². The van der Waals surface area contributed by atoms with Crippen molar-refractivity contribution in [3.8, 4) is 5.75 Å². The van der Waals surface area contributed by atoms with Crippen LogP contribution in [0.5, 0.6) is 5.75 Å². The fourth-order valence-electron chi connectivity index (χ4n) is 6.77. The first-order valence-electron chi connectivity index (χ1n) is 20.7. The van der Waals surface area contributed by atoms with Crippen LogP contribution in [0.15, 0.2) is 66.2 Å². The Morgan fingerprint density at radius 3 is 2.12 bits per heavy atom. The van der Waals surface area contributed by atoms with Crippen molar-refractivity contribution in [3.05, 3.63) is 77.4 Å². The van der Waals surface area contributed by atoms with E-state index in [9.17, 15) is 9.59 Å². The zero-order valence-corrected chi connectivity index (χ0v) is 37.9. The minimum Gasteiger partial charge on any atom is -0.497 e. The summed E-state index contributed by atoms with van der Waals surface area (Å²) >= 11 is 0. The molecule has 0 spiro atoms. The second kappa shape index (κ2) is 22.3. The number of benzene rings is 2. The Hall–Kier alpha value is -3.06. The molecule has 320 valence electrons. The summed E-state index contributed by atoms with van der Waals surface area (Å²) in [5.74, 6) is -1.72. The third-order valence-corrected chi connectivity index (χ3v) is 16.0. The van der Waals surface area contributed by atoms with E-state index < -0.39 is 43.8 Å². The van der Waals surface area contributed by atoms with Gasteiger partial charge in [-0.15, -0.1) is 0 Å². The number of rotatable bonds is 23. The molecule has 57 heavy (non-hydrogen) atoms. The molecule has 1 fully saturated rings. The lowest BCUT2D eigenvalue weighted by Gasteiger charge is -2.54. The number of hydrogen-bond donors (Lipinski definition) is 0. The summed E-state index contributed by atoms with van der Waals surface area (Å²) in [6, 6.07) is 17.8. The second-order valence-electron chi connectivity index (χ2n) is 17.5. The number of esters is 2. The molecule has 0 bridgehead atoms. The highest BCUT2D eigenvalue weighted by atomic mass is 28.4. The maximum atomic E-state index is 13.7. The van der Waals surface area contributed by atoms with Gasteiger partial charge in [0.05, 0.1) is 45.7 Å². The largest absolute Gasteiger partial charge is 0.497 e. The van der Waals surface area contributed by atoms with E-state index in [1.54, 1.807) is 14.2 Å². The van der Waals surface area contributed by atoms with Gasteiger partial charge in [-0.25, -0.2) is 4.79 Å². The molecule has 11 heteroatoms. The van der Waals surface area contributed by atoms with Crippen molar-refractivity contribution in [1.82, 2.24) is 0 Å². The van der Waals surface area contributed by atoms with Crippen molar-refractivity contribution < 1.29 is 47.2 Å². The molecule has 0 saturated carbocycles. The average molecular weight is 813 g/mol. The summed E-state index contributed by atoms with van der Waals surface area (Å²) in [5.41, 5.74) is 1.69. The van der Waals surface area contributed by atoms with Crippen molar-refractivity contribution in [2.45, 2.75) is 161 Å². The molecule has 0 amide bonds. The molecule has 3 rings (SSSR count). The van der Waals surface area contributed by atoms with Crippen LogP contribution in [0.4, 0.5) is 0 Å². The number of unbranched alkanes of at least 4 members (excludes halogenated alkanes) is 4. The standard InChI is InChI=1S/C46H72O10Si/c1-13-14-15-16-20-23-41(47)55-43-37(29-42(48)50-9)28-39(56-46(43,51-10)45(6,7)33-54-57(11,12)44(3,4)5)30-40(34(2)52-31-35-21-18-17-19-22-35)53-32-36-24-26-38(49-8)27-25-36/h17-19,21-22,24-27,29,34,39-40,43H,13-16,20,23,28,30-33H2,1-12H3/t34-,39-,40+,43-,46?/m0/s1. The highest BCUT2D eigenvalue weighted by Gasteiger charge is 2.60. The molecule has 5 atom stereocenters. The molecule has 1 unspecified atom stereocenters. The summed E-state index contributed by atoms with van der Waals surface area (Å²) in [6.07, 6.45) is 4.86. The second-order valence-corrected chi connectivity index (χ2v) is 22.3. The van der Waals surface area contributed by atoms with Gasteiger partial charge in [0.2, 0.25) is 5.79 Å². The molecule has 0 radical (unpaired) electrons. The maximum absolute atomic E-state index is 13.7. The fraction of sp³-hybridized carbons (Fsp3) is 0.652. The van der Waals surface area contributed by atoms with Crippen molar-refractivity contribution >= 4 is 20.3 Å². The Morgan fingerprint density at radius 2 is 1.53 bits per heavy atom. The first-order chi connectivity index (χ1) is 26.9. The van der Waals surface area contributed by atoms with Crippen LogP contribution in [0.2, 0.25) is 18.1 Å². The van der Waals surface area contributed by atoms with E-state index in [4.69, 9.17) is 37.6 Å². The van der Waals surface area contributed by atoms with Crippen molar-refractivity contribution in [2.75, 3.05) is 27.9 Å². The molecule has 1 heterocycles. The topological polar surface area (TPSA) is 108 Å². The SMILES string of the molecule is CCCCCCCC(=O)O[C@H]1C(=CC(=O)OC)C[C@@H](C[C@@H](OCc2ccc(OC)cc2)[C@H](C)OCc2ccccc2)OC1(OC)C(C)(C)CO[Si](C)(C)C(C)(C)C. The maximum Gasteiger partial charge on any atom is 0.330 e. The predicted octanol–water partition coefficient (Wildman–Crippen LogP) is 10.1. The molecule has 1 saturated heterocycles. The van der Waals surface area contributed by atoms with Crippen LogP contribution in [-0.2, 0) is 55.7 Å². The first kappa shape index (κ1) is 48.3. The number of methoxy groups -OCH3 is 3. The van der Waals surface area contributed by atoms with Crippen LogP contribution in [-0.4, -0.2) is 78.4 Å². The summed E-state index contributed by atoms with van der Waals surface area (Å²) in [6.45, 7) is 20.2. The van der Waals surface area contributed by atoms with Crippen LogP contribution in [0.3, 0.4) is 0 Å². The Kier molecular flexibility index (Phi) is 18.9. The monoisotopic (exact) mass is 812 g/mol. The van der Waals surface area contributed by atoms with E-state index >= 15 is 0 Å². The normalized spacial score (nSPS) is 20.9. The van der Waals surface area contributed by atoms with Gasteiger partial charge in [-0.1, -0.05) is 110 Å². The van der Waals surface area contributed by atoms with Gasteiger partial charge in [0.15, 0.2) is 14.4 Å². The van der Waals surface area contributed by atoms with Crippen LogP contribution in [0.25, 0.3) is 0 Å². The summed E-state index contributed by atoms with van der Waals surface area (Å²) in [4.78, 5) is 26.7. The molecule has 1 aliphatic rings. The van der Waals surface area contributed by atoms with E-state index in [-0.39, 0.29) is 36.6 Å².